The van der Waals surface area contributed by atoms with Crippen LogP contribution in [0.5, 0.6) is 0 Å². The van der Waals surface area contributed by atoms with Gasteiger partial charge in [0.2, 0.25) is 0 Å². The summed E-state index contributed by atoms with van der Waals surface area (Å²) in [6.45, 7) is 0. The van der Waals surface area contributed by atoms with Crippen LogP contribution in [0.15, 0.2) is 64.0 Å². The molecule has 0 spiro atoms. The van der Waals surface area contributed by atoms with E-state index in [2.05, 4.69) is 6.08 Å². The summed E-state index contributed by atoms with van der Waals surface area (Å²) in [7, 11) is 0. The maximum absolute atomic E-state index is 12.3. The van der Waals surface area contributed by atoms with Gasteiger partial charge < -0.3 is 4.42 Å². The van der Waals surface area contributed by atoms with Crippen LogP contribution in [0.2, 0.25) is 0 Å². The fraction of sp³-hybridized carbons (Fsp3) is 0.133. The van der Waals surface area contributed by atoms with Crippen molar-refractivity contribution in [2.75, 3.05) is 0 Å². The summed E-state index contributed by atoms with van der Waals surface area (Å²) < 4.78 is 5.52. The molecule has 0 bridgehead atoms. The van der Waals surface area contributed by atoms with E-state index in [9.17, 15) is 4.79 Å². The van der Waals surface area contributed by atoms with Gasteiger partial charge in [0.15, 0.2) is 5.43 Å². The summed E-state index contributed by atoms with van der Waals surface area (Å²) in [5.41, 5.74) is 1.47. The Kier molecular flexibility index (Phi) is 2.41. The van der Waals surface area contributed by atoms with Crippen molar-refractivity contribution in [1.29, 1.82) is 0 Å². The summed E-state index contributed by atoms with van der Waals surface area (Å²) in [5, 5.41) is 0.660. The van der Waals surface area contributed by atoms with E-state index in [4.69, 9.17) is 4.42 Å². The predicted molar refractivity (Wildman–Crippen MR) is 68.1 cm³/mol. The molecule has 3 rings (SSSR count). The van der Waals surface area contributed by atoms with Crippen molar-refractivity contribution < 1.29 is 4.42 Å². The van der Waals surface area contributed by atoms with Crippen LogP contribution in [0.4, 0.5) is 0 Å². The van der Waals surface area contributed by atoms with Crippen LogP contribution >= 0.6 is 0 Å². The molecule has 0 fully saturated rings. The van der Waals surface area contributed by atoms with Crippen molar-refractivity contribution in [2.24, 2.45) is 0 Å². The van der Waals surface area contributed by atoms with Crippen LogP contribution in [0.1, 0.15) is 17.9 Å². The number of fused-ring (bicyclic) bond motifs is 1. The van der Waals surface area contributed by atoms with E-state index >= 15 is 0 Å². The van der Waals surface area contributed by atoms with Crippen LogP contribution in [0, 0.1) is 0 Å². The van der Waals surface area contributed by atoms with Crippen LogP contribution < -0.4 is 5.43 Å². The molecule has 1 aromatic carbocycles. The Bertz CT molecular complexity index is 662. The number of hydrogen-bond donors (Lipinski definition) is 0. The van der Waals surface area contributed by atoms with Gasteiger partial charge in [0, 0.05) is 11.5 Å². The fourth-order valence-corrected chi connectivity index (χ4v) is 2.16. The van der Waals surface area contributed by atoms with Crippen molar-refractivity contribution in [2.45, 2.75) is 12.3 Å². The Morgan fingerprint density at radius 2 is 2.06 bits per heavy atom. The lowest BCUT2D eigenvalue weighted by molar-refractivity contribution is 0.586. The molecule has 84 valence electrons. The molecule has 0 saturated carbocycles. The molecule has 2 heteroatoms. The van der Waals surface area contributed by atoms with Crippen LogP contribution in [0.25, 0.3) is 11.0 Å². The lowest BCUT2D eigenvalue weighted by Crippen LogP contribution is -2.12. The molecule has 1 aromatic heterocycles. The number of allylic oxidation sites excluding steroid dienone is 4. The van der Waals surface area contributed by atoms with E-state index in [-0.39, 0.29) is 11.3 Å². The molecule has 1 aliphatic rings. The quantitative estimate of drug-likeness (QED) is 0.743. The van der Waals surface area contributed by atoms with Gasteiger partial charge in [-0.1, -0.05) is 36.4 Å². The van der Waals surface area contributed by atoms with Crippen LogP contribution in [-0.4, -0.2) is 0 Å². The number of hydrogen-bond acceptors (Lipinski definition) is 2. The minimum Gasteiger partial charge on any atom is -0.464 e. The number of rotatable bonds is 1. The van der Waals surface area contributed by atoms with Crippen molar-refractivity contribution in [3.8, 4) is 0 Å². The van der Waals surface area contributed by atoms with E-state index in [1.54, 1.807) is 6.26 Å². The third kappa shape index (κ3) is 1.72. The molecule has 17 heavy (non-hydrogen) atoms. The SMILES string of the molecule is O=c1c(C2C=CC=CC2)coc2ccccc12. The average Bonchev–Trinajstić information content (AvgIpc) is 2.40. The monoisotopic (exact) mass is 224 g/mol. The van der Waals surface area contributed by atoms with E-state index in [1.807, 2.05) is 42.5 Å². The normalized spacial score (nSPS) is 18.7. The van der Waals surface area contributed by atoms with E-state index in [0.717, 1.165) is 12.0 Å². The number of para-hydroxylation sites is 1. The lowest BCUT2D eigenvalue weighted by Gasteiger charge is -2.12. The highest BCUT2D eigenvalue weighted by Gasteiger charge is 2.14. The molecule has 1 aliphatic carbocycles. The Morgan fingerprint density at radius 3 is 2.88 bits per heavy atom. The molecular formula is C15H12O2. The van der Waals surface area contributed by atoms with Gasteiger partial charge in [0.05, 0.1) is 11.6 Å². The molecule has 0 N–H and O–H groups in total. The first kappa shape index (κ1) is 10.1. The van der Waals surface area contributed by atoms with Gasteiger partial charge in [-0.15, -0.1) is 0 Å². The van der Waals surface area contributed by atoms with E-state index in [1.165, 1.54) is 0 Å². The molecule has 0 amide bonds. The zero-order chi connectivity index (χ0) is 11.7. The second-order valence-electron chi connectivity index (χ2n) is 4.17. The fourth-order valence-electron chi connectivity index (χ4n) is 2.16. The second-order valence-corrected chi connectivity index (χ2v) is 4.17. The van der Waals surface area contributed by atoms with Crippen molar-refractivity contribution in [3.05, 3.63) is 70.6 Å². The maximum atomic E-state index is 12.3. The standard InChI is InChI=1S/C15H12O2/c16-15-12-8-4-5-9-14(12)17-10-13(15)11-6-2-1-3-7-11/h1-6,8-11H,7H2. The van der Waals surface area contributed by atoms with Gasteiger partial charge in [0.1, 0.15) is 5.58 Å². The summed E-state index contributed by atoms with van der Waals surface area (Å²) in [5.74, 6) is 0.140. The minimum atomic E-state index is 0.0804. The van der Waals surface area contributed by atoms with Crippen LogP contribution in [-0.2, 0) is 0 Å². The molecule has 0 saturated heterocycles. The Labute approximate surface area is 98.9 Å². The molecule has 1 unspecified atom stereocenters. The summed E-state index contributed by atoms with van der Waals surface area (Å²) in [6.07, 6.45) is 10.5. The smallest absolute Gasteiger partial charge is 0.196 e. The van der Waals surface area contributed by atoms with Crippen LogP contribution in [0.3, 0.4) is 0 Å². The molecule has 2 nitrogen and oxygen atoms in total. The molecular weight excluding hydrogens is 212 g/mol. The van der Waals surface area contributed by atoms with Crippen molar-refractivity contribution in [1.82, 2.24) is 0 Å². The van der Waals surface area contributed by atoms with Gasteiger partial charge in [-0.05, 0) is 18.6 Å². The van der Waals surface area contributed by atoms with Crippen molar-refractivity contribution >= 4 is 11.0 Å². The molecule has 1 atom stereocenters. The third-order valence-electron chi connectivity index (χ3n) is 3.09. The first-order chi connectivity index (χ1) is 8.36. The molecule has 0 radical (unpaired) electrons. The zero-order valence-corrected chi connectivity index (χ0v) is 9.30. The summed E-state index contributed by atoms with van der Waals surface area (Å²) >= 11 is 0. The Balaban J connectivity index is 2.18. The first-order valence-electron chi connectivity index (χ1n) is 5.70. The maximum Gasteiger partial charge on any atom is 0.196 e. The van der Waals surface area contributed by atoms with Gasteiger partial charge in [-0.25, -0.2) is 0 Å². The van der Waals surface area contributed by atoms with Crippen molar-refractivity contribution in [3.63, 3.8) is 0 Å². The van der Waals surface area contributed by atoms with Gasteiger partial charge in [-0.3, -0.25) is 4.79 Å². The molecule has 0 aliphatic heterocycles. The predicted octanol–water partition coefficient (Wildman–Crippen LogP) is 3.39. The van der Waals surface area contributed by atoms with Gasteiger partial charge in [-0.2, -0.15) is 0 Å². The number of benzene rings is 1. The highest BCUT2D eigenvalue weighted by Crippen LogP contribution is 2.23. The van der Waals surface area contributed by atoms with E-state index in [0.29, 0.717) is 11.0 Å². The molecule has 1 heterocycles. The zero-order valence-electron chi connectivity index (χ0n) is 9.30. The minimum absolute atomic E-state index is 0.0804. The first-order valence-corrected chi connectivity index (χ1v) is 5.70. The highest BCUT2D eigenvalue weighted by atomic mass is 16.3. The second kappa shape index (κ2) is 4.06. The third-order valence-corrected chi connectivity index (χ3v) is 3.09. The Hall–Kier alpha value is -2.09. The van der Waals surface area contributed by atoms with Gasteiger partial charge in [0.25, 0.3) is 0 Å². The largest absolute Gasteiger partial charge is 0.464 e. The average molecular weight is 224 g/mol. The topological polar surface area (TPSA) is 30.2 Å². The molecule has 2 aromatic rings. The Morgan fingerprint density at radius 1 is 1.18 bits per heavy atom. The highest BCUT2D eigenvalue weighted by molar-refractivity contribution is 5.76. The summed E-state index contributed by atoms with van der Waals surface area (Å²) in [4.78, 5) is 12.3. The van der Waals surface area contributed by atoms with E-state index < -0.39 is 0 Å². The summed E-state index contributed by atoms with van der Waals surface area (Å²) in [6, 6.07) is 7.36. The lowest BCUT2D eigenvalue weighted by atomic mass is 9.93. The van der Waals surface area contributed by atoms with Gasteiger partial charge >= 0.3 is 0 Å².